The van der Waals surface area contributed by atoms with E-state index < -0.39 is 0 Å². The van der Waals surface area contributed by atoms with Gasteiger partial charge in [0.05, 0.1) is 18.4 Å². The highest BCUT2D eigenvalue weighted by Gasteiger charge is 2.28. The molecule has 2 heterocycles. The lowest BCUT2D eigenvalue weighted by molar-refractivity contribution is 0.102. The number of ether oxygens (including phenoxy) is 2. The van der Waals surface area contributed by atoms with Gasteiger partial charge in [0.1, 0.15) is 0 Å². The fourth-order valence-corrected chi connectivity index (χ4v) is 2.91. The van der Waals surface area contributed by atoms with E-state index in [1.165, 1.54) is 22.2 Å². The average Bonchev–Trinajstić information content (AvgIpc) is 2.90. The highest BCUT2D eigenvalue weighted by atomic mass is 16.5. The van der Waals surface area contributed by atoms with Gasteiger partial charge in [-0.2, -0.15) is 0 Å². The van der Waals surface area contributed by atoms with E-state index in [1.54, 1.807) is 14.2 Å². The number of aromatic nitrogens is 1. The first-order valence-electron chi connectivity index (χ1n) is 5.98. The standard InChI is InChI=1S/C14H17NO2/c1-16-9-11-10-5-3-4-6-12(10)15-8-7-13(17-2)14(11)15/h3-6,13H,7-9H2,1-2H3. The SMILES string of the molecule is COCc1c2n(c3ccccc13)CCC2OC. The fraction of sp³-hybridized carbons (Fsp3) is 0.429. The molecule has 2 aromatic rings. The monoisotopic (exact) mass is 231 g/mol. The number of rotatable bonds is 3. The van der Waals surface area contributed by atoms with Crippen LogP contribution in [-0.2, 0) is 22.6 Å². The predicted molar refractivity (Wildman–Crippen MR) is 67.0 cm³/mol. The molecule has 3 nitrogen and oxygen atoms in total. The van der Waals surface area contributed by atoms with Gasteiger partial charge in [-0.05, 0) is 12.5 Å². The molecule has 3 heteroatoms. The quantitative estimate of drug-likeness (QED) is 0.810. The van der Waals surface area contributed by atoms with Crippen molar-refractivity contribution in [2.75, 3.05) is 14.2 Å². The second kappa shape index (κ2) is 4.17. The van der Waals surface area contributed by atoms with Crippen LogP contribution in [-0.4, -0.2) is 18.8 Å². The van der Waals surface area contributed by atoms with Crippen LogP contribution in [0, 0.1) is 0 Å². The summed E-state index contributed by atoms with van der Waals surface area (Å²) in [5, 5.41) is 1.30. The number of fused-ring (bicyclic) bond motifs is 3. The van der Waals surface area contributed by atoms with Gasteiger partial charge >= 0.3 is 0 Å². The molecule has 0 saturated heterocycles. The van der Waals surface area contributed by atoms with Crippen LogP contribution in [0.4, 0.5) is 0 Å². The third-order valence-corrected chi connectivity index (χ3v) is 3.61. The van der Waals surface area contributed by atoms with Gasteiger partial charge in [0.2, 0.25) is 0 Å². The van der Waals surface area contributed by atoms with Crippen LogP contribution in [0.25, 0.3) is 10.9 Å². The highest BCUT2D eigenvalue weighted by molar-refractivity contribution is 5.86. The molecule has 0 spiro atoms. The second-order valence-corrected chi connectivity index (χ2v) is 4.48. The summed E-state index contributed by atoms with van der Waals surface area (Å²) in [5.41, 5.74) is 3.89. The van der Waals surface area contributed by atoms with Gasteiger partial charge in [0, 0.05) is 37.2 Å². The summed E-state index contributed by atoms with van der Waals surface area (Å²) >= 11 is 0. The second-order valence-electron chi connectivity index (χ2n) is 4.48. The van der Waals surface area contributed by atoms with Gasteiger partial charge < -0.3 is 14.0 Å². The Morgan fingerprint density at radius 3 is 2.88 bits per heavy atom. The summed E-state index contributed by atoms with van der Waals surface area (Å²) in [7, 11) is 3.53. The van der Waals surface area contributed by atoms with Crippen LogP contribution in [0.1, 0.15) is 23.8 Å². The molecular weight excluding hydrogens is 214 g/mol. The minimum atomic E-state index is 0.215. The smallest absolute Gasteiger partial charge is 0.0991 e. The summed E-state index contributed by atoms with van der Waals surface area (Å²) in [4.78, 5) is 0. The van der Waals surface area contributed by atoms with Crippen molar-refractivity contribution >= 4 is 10.9 Å². The van der Waals surface area contributed by atoms with Gasteiger partial charge in [-0.1, -0.05) is 18.2 Å². The van der Waals surface area contributed by atoms with Crippen LogP contribution in [0.5, 0.6) is 0 Å². The van der Waals surface area contributed by atoms with Crippen LogP contribution >= 0.6 is 0 Å². The van der Waals surface area contributed by atoms with Crippen LogP contribution in [0.3, 0.4) is 0 Å². The number of hydrogen-bond donors (Lipinski definition) is 0. The van der Waals surface area contributed by atoms with Crippen molar-refractivity contribution in [2.45, 2.75) is 25.7 Å². The van der Waals surface area contributed by atoms with Crippen molar-refractivity contribution in [3.63, 3.8) is 0 Å². The molecule has 1 aliphatic rings. The molecule has 0 N–H and O–H groups in total. The third kappa shape index (κ3) is 1.50. The molecule has 0 fully saturated rings. The van der Waals surface area contributed by atoms with Crippen molar-refractivity contribution in [3.05, 3.63) is 35.5 Å². The zero-order valence-electron chi connectivity index (χ0n) is 10.3. The van der Waals surface area contributed by atoms with Gasteiger partial charge in [0.25, 0.3) is 0 Å². The Kier molecular flexibility index (Phi) is 2.65. The Labute approximate surface area is 101 Å². The summed E-state index contributed by atoms with van der Waals surface area (Å²) < 4.78 is 13.3. The molecule has 17 heavy (non-hydrogen) atoms. The van der Waals surface area contributed by atoms with Gasteiger partial charge in [-0.25, -0.2) is 0 Å². The van der Waals surface area contributed by atoms with E-state index in [9.17, 15) is 0 Å². The number of nitrogens with zero attached hydrogens (tertiary/aromatic N) is 1. The molecule has 0 aliphatic carbocycles. The molecule has 90 valence electrons. The largest absolute Gasteiger partial charge is 0.380 e. The van der Waals surface area contributed by atoms with E-state index >= 15 is 0 Å². The minimum absolute atomic E-state index is 0.215. The lowest BCUT2D eigenvalue weighted by Crippen LogP contribution is -2.01. The molecule has 1 aromatic carbocycles. The van der Waals surface area contributed by atoms with Gasteiger partial charge in [-0.15, -0.1) is 0 Å². The van der Waals surface area contributed by atoms with Crippen LogP contribution < -0.4 is 0 Å². The summed E-state index contributed by atoms with van der Waals surface area (Å²) in [6, 6.07) is 8.52. The van der Waals surface area contributed by atoms with E-state index in [4.69, 9.17) is 9.47 Å². The van der Waals surface area contributed by atoms with E-state index in [1.807, 2.05) is 0 Å². The molecule has 0 amide bonds. The lowest BCUT2D eigenvalue weighted by atomic mass is 10.1. The van der Waals surface area contributed by atoms with Crippen molar-refractivity contribution < 1.29 is 9.47 Å². The lowest BCUT2D eigenvalue weighted by Gasteiger charge is -2.10. The molecular formula is C14H17NO2. The summed E-state index contributed by atoms with van der Waals surface area (Å²) in [5.74, 6) is 0. The first-order chi connectivity index (χ1) is 8.36. The Balaban J connectivity index is 2.27. The maximum Gasteiger partial charge on any atom is 0.0991 e. The van der Waals surface area contributed by atoms with Gasteiger partial charge in [0.15, 0.2) is 0 Å². The Hall–Kier alpha value is -1.32. The average molecular weight is 231 g/mol. The third-order valence-electron chi connectivity index (χ3n) is 3.61. The molecule has 1 atom stereocenters. The predicted octanol–water partition coefficient (Wildman–Crippen LogP) is 2.88. The van der Waals surface area contributed by atoms with E-state index in [-0.39, 0.29) is 6.10 Å². The molecule has 1 aliphatic heterocycles. The minimum Gasteiger partial charge on any atom is -0.380 e. The normalized spacial score (nSPS) is 18.8. The van der Waals surface area contributed by atoms with Crippen molar-refractivity contribution in [3.8, 4) is 0 Å². The van der Waals surface area contributed by atoms with Crippen molar-refractivity contribution in [1.29, 1.82) is 0 Å². The first kappa shape index (κ1) is 10.8. The Morgan fingerprint density at radius 2 is 2.12 bits per heavy atom. The summed E-state index contributed by atoms with van der Waals surface area (Å²) in [6.07, 6.45) is 1.28. The Bertz CT molecular complexity index is 544. The molecule has 0 radical (unpaired) electrons. The van der Waals surface area contributed by atoms with E-state index in [2.05, 4.69) is 28.8 Å². The van der Waals surface area contributed by atoms with Crippen LogP contribution in [0.2, 0.25) is 0 Å². The molecule has 0 saturated carbocycles. The topological polar surface area (TPSA) is 23.4 Å². The number of benzene rings is 1. The Morgan fingerprint density at radius 1 is 1.29 bits per heavy atom. The maximum atomic E-state index is 5.58. The molecule has 1 unspecified atom stereocenters. The van der Waals surface area contributed by atoms with Crippen molar-refractivity contribution in [1.82, 2.24) is 4.57 Å². The maximum absolute atomic E-state index is 5.58. The number of hydrogen-bond acceptors (Lipinski definition) is 2. The molecule has 0 bridgehead atoms. The highest BCUT2D eigenvalue weighted by Crippen LogP contribution is 2.38. The number of para-hydroxylation sites is 1. The van der Waals surface area contributed by atoms with Crippen molar-refractivity contribution in [2.24, 2.45) is 0 Å². The molecule has 1 aromatic heterocycles. The number of methoxy groups -OCH3 is 2. The van der Waals surface area contributed by atoms with Crippen LogP contribution in [0.15, 0.2) is 24.3 Å². The van der Waals surface area contributed by atoms with Gasteiger partial charge in [-0.3, -0.25) is 0 Å². The van der Waals surface area contributed by atoms with E-state index in [0.29, 0.717) is 6.61 Å². The first-order valence-corrected chi connectivity index (χ1v) is 5.98. The number of aryl methyl sites for hydroxylation is 1. The molecule has 3 rings (SSSR count). The summed E-state index contributed by atoms with van der Waals surface area (Å²) in [6.45, 7) is 1.70. The zero-order chi connectivity index (χ0) is 11.8. The fourth-order valence-electron chi connectivity index (χ4n) is 2.91. The zero-order valence-corrected chi connectivity index (χ0v) is 10.3. The van der Waals surface area contributed by atoms with E-state index in [0.717, 1.165) is 13.0 Å².